The monoisotopic (exact) mass is 194 g/mol. The van der Waals surface area contributed by atoms with Crippen molar-refractivity contribution in [2.24, 2.45) is 5.73 Å². The van der Waals surface area contributed by atoms with E-state index in [0.717, 1.165) is 6.42 Å². The third-order valence-electron chi connectivity index (χ3n) is 2.21. The fraction of sp³-hybridized carbons (Fsp3) is 1.00. The molecule has 0 rings (SSSR count). The van der Waals surface area contributed by atoms with Crippen molar-refractivity contribution in [1.82, 2.24) is 4.90 Å². The topological polar surface area (TPSA) is 29.3 Å². The Bertz CT molecular complexity index is 138. The number of halogens is 2. The summed E-state index contributed by atoms with van der Waals surface area (Å²) in [6.07, 6.45) is -1.41. The lowest BCUT2D eigenvalue weighted by Gasteiger charge is -2.37. The van der Waals surface area contributed by atoms with Gasteiger partial charge < -0.3 is 5.73 Å². The smallest absolute Gasteiger partial charge is 0.251 e. The van der Waals surface area contributed by atoms with Gasteiger partial charge >= 0.3 is 0 Å². The summed E-state index contributed by atoms with van der Waals surface area (Å²) in [7, 11) is 0. The van der Waals surface area contributed by atoms with Crippen LogP contribution in [0.1, 0.15) is 27.2 Å². The predicted octanol–water partition coefficient (Wildman–Crippen LogP) is 1.70. The van der Waals surface area contributed by atoms with E-state index >= 15 is 0 Å². The molecule has 0 aliphatic heterocycles. The first-order valence-electron chi connectivity index (χ1n) is 4.67. The maximum absolute atomic E-state index is 12.2. The van der Waals surface area contributed by atoms with Gasteiger partial charge in [0.15, 0.2) is 0 Å². The molecule has 80 valence electrons. The highest BCUT2D eigenvalue weighted by atomic mass is 19.3. The van der Waals surface area contributed by atoms with Gasteiger partial charge in [-0.1, -0.05) is 6.92 Å². The van der Waals surface area contributed by atoms with Gasteiger partial charge in [-0.3, -0.25) is 4.90 Å². The number of alkyl halides is 2. The molecule has 0 saturated carbocycles. The second-order valence-corrected chi connectivity index (χ2v) is 3.85. The molecule has 2 N–H and O–H groups in total. The molecule has 0 aliphatic rings. The van der Waals surface area contributed by atoms with E-state index in [1.165, 1.54) is 0 Å². The Morgan fingerprint density at radius 1 is 1.38 bits per heavy atom. The van der Waals surface area contributed by atoms with Crippen molar-refractivity contribution >= 4 is 0 Å². The molecule has 0 aromatic rings. The number of nitrogens with zero attached hydrogens (tertiary/aromatic N) is 1. The van der Waals surface area contributed by atoms with Crippen molar-refractivity contribution in [3.63, 3.8) is 0 Å². The summed E-state index contributed by atoms with van der Waals surface area (Å²) in [5.41, 5.74) is 5.20. The van der Waals surface area contributed by atoms with Crippen LogP contribution in [0.2, 0.25) is 0 Å². The van der Waals surface area contributed by atoms with E-state index in [4.69, 9.17) is 5.73 Å². The van der Waals surface area contributed by atoms with Crippen molar-refractivity contribution in [3.05, 3.63) is 0 Å². The van der Waals surface area contributed by atoms with E-state index in [1.54, 1.807) is 4.90 Å². The van der Waals surface area contributed by atoms with Gasteiger partial charge in [-0.15, -0.1) is 0 Å². The molecule has 0 amide bonds. The summed E-state index contributed by atoms with van der Waals surface area (Å²) in [5.74, 6) is 0. The minimum Gasteiger partial charge on any atom is -0.329 e. The maximum Gasteiger partial charge on any atom is 0.251 e. The summed E-state index contributed by atoms with van der Waals surface area (Å²) in [5, 5.41) is 0. The molecule has 0 heterocycles. The van der Waals surface area contributed by atoms with E-state index in [1.807, 2.05) is 20.8 Å². The second kappa shape index (κ2) is 5.50. The zero-order valence-electron chi connectivity index (χ0n) is 8.69. The van der Waals surface area contributed by atoms with E-state index in [2.05, 4.69) is 0 Å². The van der Waals surface area contributed by atoms with Gasteiger partial charge in [0.2, 0.25) is 0 Å². The van der Waals surface area contributed by atoms with Crippen LogP contribution in [0.25, 0.3) is 0 Å². The van der Waals surface area contributed by atoms with Crippen molar-refractivity contribution in [3.8, 4) is 0 Å². The summed E-state index contributed by atoms with van der Waals surface area (Å²) in [6, 6.07) is 0. The lowest BCUT2D eigenvalue weighted by Crippen LogP contribution is -2.51. The van der Waals surface area contributed by atoms with Gasteiger partial charge in [0.1, 0.15) is 0 Å². The van der Waals surface area contributed by atoms with E-state index in [9.17, 15) is 8.78 Å². The quantitative estimate of drug-likeness (QED) is 0.697. The van der Waals surface area contributed by atoms with Crippen LogP contribution in [-0.2, 0) is 0 Å². The summed E-state index contributed by atoms with van der Waals surface area (Å²) in [6.45, 7) is 6.66. The van der Waals surface area contributed by atoms with Crippen LogP contribution in [0.3, 0.4) is 0 Å². The fourth-order valence-corrected chi connectivity index (χ4v) is 1.21. The van der Waals surface area contributed by atoms with Crippen LogP contribution in [0.5, 0.6) is 0 Å². The molecular formula is C9H20F2N2. The first-order valence-corrected chi connectivity index (χ1v) is 4.67. The lowest BCUT2D eigenvalue weighted by molar-refractivity contribution is 0.0372. The Hall–Kier alpha value is -0.220. The van der Waals surface area contributed by atoms with Crippen molar-refractivity contribution in [1.29, 1.82) is 0 Å². The molecule has 0 spiro atoms. The first-order chi connectivity index (χ1) is 5.94. The second-order valence-electron chi connectivity index (χ2n) is 3.85. The number of rotatable bonds is 6. The summed E-state index contributed by atoms with van der Waals surface area (Å²) < 4.78 is 24.4. The van der Waals surface area contributed by atoms with Crippen LogP contribution < -0.4 is 5.73 Å². The van der Waals surface area contributed by atoms with Crippen LogP contribution >= 0.6 is 0 Å². The molecule has 13 heavy (non-hydrogen) atoms. The molecule has 0 unspecified atom stereocenters. The minimum atomic E-state index is -2.28. The Kier molecular flexibility index (Phi) is 5.40. The highest BCUT2D eigenvalue weighted by Crippen LogP contribution is 2.14. The third kappa shape index (κ3) is 4.52. The van der Waals surface area contributed by atoms with Crippen molar-refractivity contribution in [2.75, 3.05) is 19.6 Å². The molecule has 2 nitrogen and oxygen atoms in total. The largest absolute Gasteiger partial charge is 0.329 e. The van der Waals surface area contributed by atoms with Crippen LogP contribution in [-0.4, -0.2) is 36.5 Å². The zero-order chi connectivity index (χ0) is 10.5. The van der Waals surface area contributed by atoms with E-state index in [-0.39, 0.29) is 12.1 Å². The number of hydrogen-bond acceptors (Lipinski definition) is 2. The Morgan fingerprint density at radius 3 is 2.23 bits per heavy atom. The maximum atomic E-state index is 12.2. The highest BCUT2D eigenvalue weighted by molar-refractivity contribution is 4.82. The Balaban J connectivity index is 4.22. The highest BCUT2D eigenvalue weighted by Gasteiger charge is 2.26. The fourth-order valence-electron chi connectivity index (χ4n) is 1.21. The molecule has 0 atom stereocenters. The van der Waals surface area contributed by atoms with Gasteiger partial charge in [0, 0.05) is 12.1 Å². The summed E-state index contributed by atoms with van der Waals surface area (Å²) >= 11 is 0. The van der Waals surface area contributed by atoms with Gasteiger partial charge in [0.05, 0.1) is 6.54 Å². The van der Waals surface area contributed by atoms with Crippen LogP contribution in [0, 0.1) is 0 Å². The first kappa shape index (κ1) is 12.8. The van der Waals surface area contributed by atoms with Crippen molar-refractivity contribution in [2.45, 2.75) is 39.2 Å². The number of nitrogens with two attached hydrogens (primary N) is 1. The Morgan fingerprint density at radius 2 is 1.92 bits per heavy atom. The van der Waals surface area contributed by atoms with Gasteiger partial charge in [-0.25, -0.2) is 8.78 Å². The molecule has 0 aromatic heterocycles. The average molecular weight is 194 g/mol. The molecular weight excluding hydrogens is 174 g/mol. The standard InChI is InChI=1S/C9H20F2N2/c1-4-5-13(6-8(10)11)9(2,3)7-12/h8H,4-7,12H2,1-3H3. The molecule has 0 fully saturated rings. The molecule has 0 aliphatic carbocycles. The number of hydrogen-bond donors (Lipinski definition) is 1. The normalized spacial score (nSPS) is 12.9. The average Bonchev–Trinajstić information content (AvgIpc) is 2.03. The predicted molar refractivity (Wildman–Crippen MR) is 51.0 cm³/mol. The molecule has 4 heteroatoms. The molecule has 0 aromatic carbocycles. The zero-order valence-corrected chi connectivity index (χ0v) is 8.69. The molecule has 0 radical (unpaired) electrons. The van der Waals surface area contributed by atoms with Gasteiger partial charge in [-0.2, -0.15) is 0 Å². The Labute approximate surface area is 79.1 Å². The van der Waals surface area contributed by atoms with Gasteiger partial charge in [0.25, 0.3) is 6.43 Å². The van der Waals surface area contributed by atoms with E-state index < -0.39 is 6.43 Å². The van der Waals surface area contributed by atoms with Gasteiger partial charge in [-0.05, 0) is 26.8 Å². The molecule has 0 bridgehead atoms. The minimum absolute atomic E-state index is 0.183. The van der Waals surface area contributed by atoms with Crippen LogP contribution in [0.15, 0.2) is 0 Å². The van der Waals surface area contributed by atoms with E-state index in [0.29, 0.717) is 13.1 Å². The van der Waals surface area contributed by atoms with Crippen LogP contribution in [0.4, 0.5) is 8.78 Å². The third-order valence-corrected chi connectivity index (χ3v) is 2.21. The molecule has 0 saturated heterocycles. The summed E-state index contributed by atoms with van der Waals surface area (Å²) in [4.78, 5) is 1.75. The SMILES string of the molecule is CCCN(CC(F)F)C(C)(C)CN. The lowest BCUT2D eigenvalue weighted by atomic mass is 10.0. The van der Waals surface area contributed by atoms with Crippen molar-refractivity contribution < 1.29 is 8.78 Å².